The van der Waals surface area contributed by atoms with E-state index in [1.165, 1.54) is 25.0 Å². The lowest BCUT2D eigenvalue weighted by Crippen LogP contribution is -2.11. The van der Waals surface area contributed by atoms with Crippen LogP contribution in [0.4, 0.5) is 10.2 Å². The molecule has 1 aromatic carbocycles. The second kappa shape index (κ2) is 6.07. The number of nitrogens with two attached hydrogens (primary N) is 1. The fraction of sp³-hybridized carbons (Fsp3) is 0.333. The Morgan fingerprint density at radius 3 is 2.57 bits per heavy atom. The van der Waals surface area contributed by atoms with E-state index in [4.69, 9.17) is 5.84 Å². The van der Waals surface area contributed by atoms with Crippen LogP contribution in [0.3, 0.4) is 0 Å². The summed E-state index contributed by atoms with van der Waals surface area (Å²) in [6, 6.07) is 6.52. The molecule has 3 rings (SSSR count). The normalized spacial score (nSPS) is 15.4. The van der Waals surface area contributed by atoms with E-state index in [-0.39, 0.29) is 5.82 Å². The number of rotatable bonds is 3. The summed E-state index contributed by atoms with van der Waals surface area (Å²) in [6.07, 6.45) is 4.71. The summed E-state index contributed by atoms with van der Waals surface area (Å²) >= 11 is 3.29. The van der Waals surface area contributed by atoms with Gasteiger partial charge in [-0.3, -0.25) is 0 Å². The lowest BCUT2D eigenvalue weighted by Gasteiger charge is -2.12. The van der Waals surface area contributed by atoms with E-state index in [1.54, 1.807) is 6.07 Å². The summed E-state index contributed by atoms with van der Waals surface area (Å²) in [5.41, 5.74) is 4.19. The van der Waals surface area contributed by atoms with Gasteiger partial charge in [0.25, 0.3) is 0 Å². The molecule has 1 aliphatic rings. The largest absolute Gasteiger partial charge is 0.308 e. The number of nitrogens with one attached hydrogen (secondary N) is 1. The van der Waals surface area contributed by atoms with Crippen LogP contribution in [0.2, 0.25) is 0 Å². The number of aromatic nitrogens is 2. The monoisotopic (exact) mass is 350 g/mol. The summed E-state index contributed by atoms with van der Waals surface area (Å²) in [7, 11) is 0. The van der Waals surface area contributed by atoms with Crippen molar-refractivity contribution in [3.8, 4) is 11.4 Å². The highest BCUT2D eigenvalue weighted by molar-refractivity contribution is 9.10. The van der Waals surface area contributed by atoms with E-state index in [0.29, 0.717) is 27.6 Å². The Kier molecular flexibility index (Phi) is 4.17. The number of hydrogen-bond donors (Lipinski definition) is 2. The molecular formula is C15H16BrFN4. The molecule has 1 aliphatic carbocycles. The van der Waals surface area contributed by atoms with Crippen molar-refractivity contribution in [2.24, 2.45) is 5.84 Å². The maximum atomic E-state index is 13.6. The van der Waals surface area contributed by atoms with Gasteiger partial charge in [-0.15, -0.1) is 0 Å². The van der Waals surface area contributed by atoms with Crippen LogP contribution < -0.4 is 11.3 Å². The van der Waals surface area contributed by atoms with E-state index in [2.05, 4.69) is 31.3 Å². The quantitative estimate of drug-likeness (QED) is 0.648. The molecule has 0 unspecified atom stereocenters. The minimum atomic E-state index is -0.323. The summed E-state index contributed by atoms with van der Waals surface area (Å²) in [5, 5.41) is 0. The van der Waals surface area contributed by atoms with Crippen LogP contribution >= 0.6 is 15.9 Å². The summed E-state index contributed by atoms with van der Waals surface area (Å²) in [5.74, 6) is 6.67. The van der Waals surface area contributed by atoms with Gasteiger partial charge in [0, 0.05) is 27.7 Å². The Hall–Kier alpha value is -1.53. The predicted octanol–water partition coefficient (Wildman–Crippen LogP) is 3.99. The van der Waals surface area contributed by atoms with Crippen LogP contribution in [0.5, 0.6) is 0 Å². The molecule has 0 aliphatic heterocycles. The third-order valence-corrected chi connectivity index (χ3v) is 4.25. The molecular weight excluding hydrogens is 335 g/mol. The standard InChI is InChI=1S/C15H16BrFN4/c16-11-5-10(6-12(17)7-11)15-19-13(8-14(20-15)21-18)9-3-1-2-4-9/h5-9H,1-4,18H2,(H,19,20,21). The van der Waals surface area contributed by atoms with Crippen molar-refractivity contribution in [1.82, 2.24) is 9.97 Å². The van der Waals surface area contributed by atoms with Crippen molar-refractivity contribution in [2.75, 3.05) is 5.43 Å². The molecule has 1 heterocycles. The molecule has 0 saturated heterocycles. The highest BCUT2D eigenvalue weighted by Gasteiger charge is 2.20. The number of anilines is 1. The van der Waals surface area contributed by atoms with Crippen molar-refractivity contribution >= 4 is 21.7 Å². The van der Waals surface area contributed by atoms with Gasteiger partial charge in [0.05, 0.1) is 0 Å². The maximum Gasteiger partial charge on any atom is 0.161 e. The molecule has 110 valence electrons. The number of nitrogen functional groups attached to an aromatic ring is 1. The molecule has 2 aromatic rings. The first-order chi connectivity index (χ1) is 10.2. The lowest BCUT2D eigenvalue weighted by molar-refractivity contribution is 0.627. The minimum absolute atomic E-state index is 0.323. The van der Waals surface area contributed by atoms with Crippen LogP contribution in [-0.2, 0) is 0 Å². The molecule has 0 bridgehead atoms. The van der Waals surface area contributed by atoms with Gasteiger partial charge in [-0.2, -0.15) is 0 Å². The molecule has 1 aromatic heterocycles. The van der Waals surface area contributed by atoms with Crippen LogP contribution in [0.1, 0.15) is 37.3 Å². The van der Waals surface area contributed by atoms with Crippen LogP contribution in [0, 0.1) is 5.82 Å². The summed E-state index contributed by atoms with van der Waals surface area (Å²) in [6.45, 7) is 0. The average molecular weight is 351 g/mol. The smallest absolute Gasteiger partial charge is 0.161 e. The highest BCUT2D eigenvalue weighted by Crippen LogP contribution is 2.34. The SMILES string of the molecule is NNc1cc(C2CCCC2)nc(-c2cc(F)cc(Br)c2)n1. The number of hydrogen-bond acceptors (Lipinski definition) is 4. The van der Waals surface area contributed by atoms with E-state index in [1.807, 2.05) is 6.07 Å². The predicted molar refractivity (Wildman–Crippen MR) is 84.1 cm³/mol. The molecule has 3 N–H and O–H groups in total. The Morgan fingerprint density at radius 2 is 1.90 bits per heavy atom. The van der Waals surface area contributed by atoms with Crippen molar-refractivity contribution in [1.29, 1.82) is 0 Å². The van der Waals surface area contributed by atoms with Gasteiger partial charge < -0.3 is 5.43 Å². The Bertz CT molecular complexity index is 636. The Balaban J connectivity index is 2.06. The first kappa shape index (κ1) is 14.4. The number of nitrogens with zero attached hydrogens (tertiary/aromatic N) is 2. The fourth-order valence-electron chi connectivity index (χ4n) is 2.78. The number of halogens is 2. The lowest BCUT2D eigenvalue weighted by atomic mass is 10.0. The van der Waals surface area contributed by atoms with Crippen LogP contribution in [-0.4, -0.2) is 9.97 Å². The van der Waals surface area contributed by atoms with Crippen molar-refractivity contribution in [2.45, 2.75) is 31.6 Å². The van der Waals surface area contributed by atoms with Crippen molar-refractivity contribution in [3.63, 3.8) is 0 Å². The third kappa shape index (κ3) is 3.22. The molecule has 0 atom stereocenters. The first-order valence-corrected chi connectivity index (χ1v) is 7.77. The van der Waals surface area contributed by atoms with E-state index >= 15 is 0 Å². The van der Waals surface area contributed by atoms with E-state index in [0.717, 1.165) is 18.5 Å². The van der Waals surface area contributed by atoms with Gasteiger partial charge >= 0.3 is 0 Å². The number of benzene rings is 1. The van der Waals surface area contributed by atoms with Crippen LogP contribution in [0.15, 0.2) is 28.7 Å². The maximum absolute atomic E-state index is 13.6. The highest BCUT2D eigenvalue weighted by atomic mass is 79.9. The van der Waals surface area contributed by atoms with E-state index < -0.39 is 0 Å². The molecule has 0 amide bonds. The van der Waals surface area contributed by atoms with Gasteiger partial charge in [-0.25, -0.2) is 20.2 Å². The minimum Gasteiger partial charge on any atom is -0.308 e. The van der Waals surface area contributed by atoms with Gasteiger partial charge in [-0.05, 0) is 31.0 Å². The molecule has 0 spiro atoms. The molecule has 6 heteroatoms. The average Bonchev–Trinajstić information content (AvgIpc) is 3.00. The zero-order chi connectivity index (χ0) is 14.8. The number of hydrazine groups is 1. The Morgan fingerprint density at radius 1 is 1.14 bits per heavy atom. The molecule has 21 heavy (non-hydrogen) atoms. The third-order valence-electron chi connectivity index (χ3n) is 3.79. The van der Waals surface area contributed by atoms with E-state index in [9.17, 15) is 4.39 Å². The second-order valence-electron chi connectivity index (χ2n) is 5.29. The van der Waals surface area contributed by atoms with Gasteiger partial charge in [0.15, 0.2) is 5.82 Å². The van der Waals surface area contributed by atoms with Crippen molar-refractivity contribution in [3.05, 3.63) is 40.2 Å². The second-order valence-corrected chi connectivity index (χ2v) is 6.20. The molecule has 0 radical (unpaired) electrons. The van der Waals surface area contributed by atoms with Gasteiger partial charge in [0.2, 0.25) is 0 Å². The zero-order valence-corrected chi connectivity index (χ0v) is 13.0. The Labute approximate surface area is 131 Å². The molecule has 4 nitrogen and oxygen atoms in total. The first-order valence-electron chi connectivity index (χ1n) is 6.98. The topological polar surface area (TPSA) is 63.8 Å². The fourth-order valence-corrected chi connectivity index (χ4v) is 3.25. The van der Waals surface area contributed by atoms with Crippen LogP contribution in [0.25, 0.3) is 11.4 Å². The zero-order valence-electron chi connectivity index (χ0n) is 11.4. The van der Waals surface area contributed by atoms with Gasteiger partial charge in [-0.1, -0.05) is 28.8 Å². The van der Waals surface area contributed by atoms with Crippen molar-refractivity contribution < 1.29 is 4.39 Å². The summed E-state index contributed by atoms with van der Waals surface area (Å²) < 4.78 is 14.2. The molecule has 1 saturated carbocycles. The van der Waals surface area contributed by atoms with Gasteiger partial charge in [0.1, 0.15) is 11.6 Å². The summed E-state index contributed by atoms with van der Waals surface area (Å²) in [4.78, 5) is 8.96. The molecule has 1 fully saturated rings.